The molecule has 3 aromatic rings. The summed E-state index contributed by atoms with van der Waals surface area (Å²) in [7, 11) is -2.46. The molecular weight excluding hydrogens is 542 g/mol. The Labute approximate surface area is 218 Å². The molecule has 0 unspecified atom stereocenters. The van der Waals surface area contributed by atoms with Crippen LogP contribution in [0.25, 0.3) is 10.9 Å². The van der Waals surface area contributed by atoms with E-state index in [2.05, 4.69) is 14.7 Å². The van der Waals surface area contributed by atoms with Crippen molar-refractivity contribution in [2.75, 3.05) is 13.4 Å². The van der Waals surface area contributed by atoms with Gasteiger partial charge in [0, 0.05) is 29.5 Å². The predicted octanol–water partition coefficient (Wildman–Crippen LogP) is 1.50. The van der Waals surface area contributed by atoms with E-state index in [0.29, 0.717) is 16.4 Å². The van der Waals surface area contributed by atoms with Crippen molar-refractivity contribution < 1.29 is 32.6 Å². The number of nitrogens with one attached hydrogen (secondary N) is 1. The second-order valence-corrected chi connectivity index (χ2v) is 10.1. The van der Waals surface area contributed by atoms with Crippen LogP contribution in [-0.2, 0) is 25.2 Å². The topological polar surface area (TPSA) is 231 Å². The number of hydrogen-bond acceptors (Lipinski definition) is 12. The third kappa shape index (κ3) is 7.25. The Morgan fingerprint density at radius 2 is 1.64 bits per heavy atom. The number of esters is 1. The lowest BCUT2D eigenvalue weighted by molar-refractivity contribution is -0.385. The second-order valence-electron chi connectivity index (χ2n) is 7.98. The van der Waals surface area contributed by atoms with Gasteiger partial charge in [0.2, 0.25) is 0 Å². The van der Waals surface area contributed by atoms with Crippen molar-refractivity contribution in [2.24, 2.45) is 4.99 Å². The first-order valence-corrected chi connectivity index (χ1v) is 12.6. The number of H-pyrrole nitrogens is 1. The summed E-state index contributed by atoms with van der Waals surface area (Å²) in [6, 6.07) is 4.77. The number of benzene rings is 2. The molecular formula is C22H21N5O11S. The molecule has 0 aliphatic heterocycles. The van der Waals surface area contributed by atoms with Gasteiger partial charge in [-0.15, -0.1) is 0 Å². The van der Waals surface area contributed by atoms with Gasteiger partial charge in [-0.3, -0.25) is 34.8 Å². The van der Waals surface area contributed by atoms with Crippen molar-refractivity contribution in [1.29, 1.82) is 0 Å². The molecule has 206 valence electrons. The number of nitro groups is 2. The minimum absolute atomic E-state index is 0.0621. The number of aldehydes is 1. The predicted molar refractivity (Wildman–Crippen MR) is 138 cm³/mol. The number of nitrogens with zero attached hydrogens (tertiary/aromatic N) is 4. The Morgan fingerprint density at radius 1 is 1.08 bits per heavy atom. The zero-order valence-corrected chi connectivity index (χ0v) is 21.7. The molecule has 0 radical (unpaired) electrons. The summed E-state index contributed by atoms with van der Waals surface area (Å²) in [6.07, 6.45) is 2.27. The Bertz CT molecular complexity index is 1750. The number of rotatable bonds is 7. The Kier molecular flexibility index (Phi) is 9.27. The summed E-state index contributed by atoms with van der Waals surface area (Å²) in [4.78, 5) is 72.1. The van der Waals surface area contributed by atoms with Crippen LogP contribution in [0.1, 0.15) is 21.5 Å². The number of methoxy groups -OCH3 is 1. The summed E-state index contributed by atoms with van der Waals surface area (Å²) in [5.41, 5.74) is -1.43. The Hall–Kier alpha value is -5.06. The number of nitro benzene ring substituents is 2. The van der Waals surface area contributed by atoms with Crippen LogP contribution < -0.4 is 11.2 Å². The molecule has 17 heteroatoms. The summed E-state index contributed by atoms with van der Waals surface area (Å²) < 4.78 is 27.5. The molecule has 3 rings (SSSR count). The highest BCUT2D eigenvalue weighted by Crippen LogP contribution is 2.29. The molecule has 0 aliphatic carbocycles. The molecule has 0 amide bonds. The maximum Gasteiger partial charge on any atom is 0.340 e. The first kappa shape index (κ1) is 30.2. The zero-order valence-electron chi connectivity index (χ0n) is 20.9. The molecule has 2 aromatic carbocycles. The second kappa shape index (κ2) is 12.0. The van der Waals surface area contributed by atoms with Crippen molar-refractivity contribution in [3.63, 3.8) is 0 Å². The third-order valence-electron chi connectivity index (χ3n) is 5.05. The molecule has 0 bridgehead atoms. The quantitative estimate of drug-likeness (QED) is 0.142. The molecule has 0 saturated heterocycles. The highest BCUT2D eigenvalue weighted by Gasteiger charge is 2.20. The average Bonchev–Trinajstić information content (AvgIpc) is 2.84. The lowest BCUT2D eigenvalue weighted by Gasteiger charge is -2.06. The van der Waals surface area contributed by atoms with Gasteiger partial charge < -0.3 is 9.72 Å². The normalized spacial score (nSPS) is 11.1. The van der Waals surface area contributed by atoms with Crippen molar-refractivity contribution in [3.05, 3.63) is 82.0 Å². The number of sulfone groups is 1. The van der Waals surface area contributed by atoms with Gasteiger partial charge in [0.05, 0.1) is 45.3 Å². The molecule has 0 aliphatic rings. The van der Waals surface area contributed by atoms with Gasteiger partial charge >= 0.3 is 11.7 Å². The summed E-state index contributed by atoms with van der Waals surface area (Å²) in [5, 5.41) is 21.5. The van der Waals surface area contributed by atoms with Crippen molar-refractivity contribution in [2.45, 2.75) is 19.7 Å². The molecule has 39 heavy (non-hydrogen) atoms. The van der Waals surface area contributed by atoms with Crippen LogP contribution in [-0.4, -0.2) is 59.7 Å². The molecule has 16 nitrogen and oxygen atoms in total. The maximum absolute atomic E-state index is 12.2. The van der Waals surface area contributed by atoms with Crippen LogP contribution in [0.15, 0.2) is 38.8 Å². The number of aliphatic imine (C=N–C) groups is 1. The molecule has 1 N–H and O–H groups in total. The van der Waals surface area contributed by atoms with E-state index in [1.807, 2.05) is 0 Å². The third-order valence-corrected chi connectivity index (χ3v) is 5.78. The van der Waals surface area contributed by atoms with Gasteiger partial charge in [-0.05, 0) is 26.0 Å². The molecule has 0 fully saturated rings. The fourth-order valence-corrected chi connectivity index (χ4v) is 4.02. The van der Waals surface area contributed by atoms with Crippen LogP contribution in [0.2, 0.25) is 0 Å². The minimum Gasteiger partial charge on any atom is -0.465 e. The average molecular weight is 564 g/mol. The zero-order chi connectivity index (χ0) is 29.7. The van der Waals surface area contributed by atoms with Gasteiger partial charge in [0.25, 0.3) is 16.9 Å². The van der Waals surface area contributed by atoms with E-state index in [1.54, 1.807) is 0 Å². The monoisotopic (exact) mass is 563 g/mol. The largest absolute Gasteiger partial charge is 0.465 e. The van der Waals surface area contributed by atoms with Crippen molar-refractivity contribution in [3.8, 4) is 0 Å². The summed E-state index contributed by atoms with van der Waals surface area (Å²) >= 11 is 0. The van der Waals surface area contributed by atoms with E-state index in [0.717, 1.165) is 31.7 Å². The van der Waals surface area contributed by atoms with E-state index in [1.165, 1.54) is 26.0 Å². The summed E-state index contributed by atoms with van der Waals surface area (Å²) in [5.74, 6) is -1.55. The smallest absolute Gasteiger partial charge is 0.340 e. The number of aromatic nitrogens is 2. The van der Waals surface area contributed by atoms with Gasteiger partial charge in [-0.2, -0.15) is 0 Å². The van der Waals surface area contributed by atoms with E-state index in [4.69, 9.17) is 0 Å². The molecule has 0 atom stereocenters. The molecule has 1 aromatic heterocycles. The number of ether oxygens (including phenoxy) is 1. The van der Waals surface area contributed by atoms with Crippen LogP contribution >= 0.6 is 0 Å². The van der Waals surface area contributed by atoms with Gasteiger partial charge in [-0.25, -0.2) is 22.6 Å². The number of hydrogen-bond donors (Lipinski definition) is 1. The van der Waals surface area contributed by atoms with Crippen LogP contribution in [0.3, 0.4) is 0 Å². The number of fused-ring (bicyclic) bond motifs is 1. The Balaban J connectivity index is 0.000000277. The highest BCUT2D eigenvalue weighted by molar-refractivity contribution is 7.89. The van der Waals surface area contributed by atoms with Crippen LogP contribution in [0.4, 0.5) is 17.1 Å². The lowest BCUT2D eigenvalue weighted by Crippen LogP contribution is -2.37. The number of carbonyl (C=O) groups excluding carboxylic acids is 2. The summed E-state index contributed by atoms with van der Waals surface area (Å²) in [6.45, 7) is 2.98. The fourth-order valence-electron chi connectivity index (χ4n) is 3.31. The number of aryl methyl sites for hydroxylation is 2. The first-order valence-electron chi connectivity index (χ1n) is 10.6. The van der Waals surface area contributed by atoms with E-state index in [9.17, 15) is 47.8 Å². The van der Waals surface area contributed by atoms with Gasteiger partial charge in [-0.1, -0.05) is 0 Å². The van der Waals surface area contributed by atoms with Crippen molar-refractivity contribution >= 4 is 56.3 Å². The Morgan fingerprint density at radius 3 is 2.15 bits per heavy atom. The number of carbonyl (C=O) groups is 2. The minimum atomic E-state index is -3.62. The fraction of sp³-hybridized carbons (Fsp3) is 0.227. The van der Waals surface area contributed by atoms with Crippen molar-refractivity contribution in [1.82, 2.24) is 9.55 Å². The molecule has 0 spiro atoms. The van der Waals surface area contributed by atoms with E-state index >= 15 is 0 Å². The molecule has 1 heterocycles. The highest BCUT2D eigenvalue weighted by atomic mass is 32.2. The lowest BCUT2D eigenvalue weighted by atomic mass is 10.1. The SMILES string of the molecule is COC(=O)c1cc([N+](=O)[O-])c(C)cc1N=CC=O.Cc1cc2[nH]c(=O)n(CS(C)(=O)=O)c(=O)c2cc1[N+](=O)[O-]. The van der Waals surface area contributed by atoms with E-state index in [-0.39, 0.29) is 39.1 Å². The van der Waals surface area contributed by atoms with Gasteiger partial charge in [0.1, 0.15) is 5.88 Å². The standard InChI is InChI=1S/C11H11N3O6S.C11H10N2O5/c1-6-3-8-7(4-9(6)14(17)18)10(15)13(11(16)12-8)5-21(2,19)20;1-7-5-9(12-3-4-14)8(11(15)18-2)6-10(7)13(16)17/h3-4H,5H2,1-2H3,(H,12,16);3-6H,1-2H3. The first-order chi connectivity index (χ1) is 18.1. The van der Waals surface area contributed by atoms with E-state index < -0.39 is 42.8 Å². The maximum atomic E-state index is 12.2. The van der Waals surface area contributed by atoms with Gasteiger partial charge in [0.15, 0.2) is 16.1 Å². The number of aromatic amines is 1. The van der Waals surface area contributed by atoms with Crippen LogP contribution in [0, 0.1) is 34.1 Å². The molecule has 0 saturated carbocycles. The van der Waals surface area contributed by atoms with Crippen LogP contribution in [0.5, 0.6) is 0 Å².